The Hall–Kier alpha value is -3.79. The number of esters is 4. The molecular formula is C61H108N3O12S+. The fraction of sp³-hybridized carbons (Fsp3) is 0.852. The monoisotopic (exact) mass is 1110 g/mol. The van der Waals surface area contributed by atoms with Gasteiger partial charge in [-0.25, -0.2) is 4.79 Å². The maximum absolute atomic E-state index is 13.0. The first-order chi connectivity index (χ1) is 37.2. The van der Waals surface area contributed by atoms with Gasteiger partial charge in [0.05, 0.1) is 44.8 Å². The van der Waals surface area contributed by atoms with Crippen molar-refractivity contribution in [2.45, 2.75) is 279 Å². The second-order valence-corrected chi connectivity index (χ2v) is 23.3. The second-order valence-electron chi connectivity index (χ2n) is 22.7. The predicted molar refractivity (Wildman–Crippen MR) is 306 cm³/mol. The number of aromatic nitrogens is 2. The Morgan fingerprint density at radius 3 is 1.52 bits per heavy atom. The molecular weight excluding hydrogens is 999 g/mol. The highest BCUT2D eigenvalue weighted by Gasteiger charge is 2.38. The maximum Gasteiger partial charge on any atom is 0.512 e. The first-order valence-corrected chi connectivity index (χ1v) is 31.4. The van der Waals surface area contributed by atoms with Crippen molar-refractivity contribution in [3.8, 4) is 5.88 Å². The average Bonchev–Trinajstić information content (AvgIpc) is 3.88. The summed E-state index contributed by atoms with van der Waals surface area (Å²) in [6.07, 6.45) is 36.4. The van der Waals surface area contributed by atoms with Crippen molar-refractivity contribution in [3.05, 3.63) is 11.8 Å². The van der Waals surface area contributed by atoms with Gasteiger partial charge < -0.3 is 33.2 Å². The standard InChI is InChI=1S/C61H108N3O12S/c1-8-11-14-17-19-21-23-25-27-29-31-33-35-40-54(65)72-48-53(49-73-55(66)41-36-34-32-30-28-26-24-22-20-18-15-12-9-2)76-56(67)42-45-70-57(68)46-61(5,6)50-74-60(69)75-51(4)64(7)43-38-39-52(47-64)58-59(63-77-62-58)71-44-37-16-13-10-3/h39,51,53H,8-38,40-50H2,1-7H3/q+1/t51-,64?/m0/s1. The molecule has 1 aromatic heterocycles. The molecule has 444 valence electrons. The van der Waals surface area contributed by atoms with E-state index in [0.717, 1.165) is 93.7 Å². The van der Waals surface area contributed by atoms with E-state index in [9.17, 15) is 24.0 Å². The van der Waals surface area contributed by atoms with Crippen LogP contribution in [-0.4, -0.2) is 109 Å². The van der Waals surface area contributed by atoms with Gasteiger partial charge in [0.15, 0.2) is 6.10 Å². The van der Waals surface area contributed by atoms with E-state index in [0.29, 0.717) is 36.4 Å². The summed E-state index contributed by atoms with van der Waals surface area (Å²) in [5.41, 5.74) is 0.933. The Kier molecular flexibility index (Phi) is 39.6. The molecule has 0 aromatic carbocycles. The number of nitrogens with zero attached hydrogens (tertiary/aromatic N) is 3. The zero-order chi connectivity index (χ0) is 56.3. The molecule has 0 radical (unpaired) electrons. The van der Waals surface area contributed by atoms with E-state index in [2.05, 4.69) is 35.6 Å². The van der Waals surface area contributed by atoms with E-state index in [1.165, 1.54) is 122 Å². The first-order valence-electron chi connectivity index (χ1n) is 30.7. The number of carbonyl (C=O) groups is 5. The predicted octanol–water partition coefficient (Wildman–Crippen LogP) is 15.5. The minimum atomic E-state index is -1.01. The van der Waals surface area contributed by atoms with Crippen LogP contribution >= 0.6 is 11.7 Å². The maximum atomic E-state index is 13.0. The van der Waals surface area contributed by atoms with Crippen LogP contribution in [-0.2, 0) is 47.6 Å². The summed E-state index contributed by atoms with van der Waals surface area (Å²) < 4.78 is 48.7. The highest BCUT2D eigenvalue weighted by atomic mass is 32.1. The summed E-state index contributed by atoms with van der Waals surface area (Å²) in [5.74, 6) is -1.51. The molecule has 0 saturated heterocycles. The summed E-state index contributed by atoms with van der Waals surface area (Å²) in [5, 5.41) is 0. The fourth-order valence-corrected chi connectivity index (χ4v) is 10.00. The lowest BCUT2D eigenvalue weighted by Crippen LogP contribution is -2.55. The third kappa shape index (κ3) is 35.4. The molecule has 0 saturated carbocycles. The summed E-state index contributed by atoms with van der Waals surface area (Å²) in [4.78, 5) is 64.4. The van der Waals surface area contributed by atoms with Gasteiger partial charge in [-0.3, -0.25) is 23.7 Å². The molecule has 0 fully saturated rings. The Morgan fingerprint density at radius 1 is 0.558 bits per heavy atom. The Balaban J connectivity index is 1.76. The number of likely N-dealkylation sites (N-methyl/N-ethyl adjacent to an activating group) is 1. The molecule has 2 heterocycles. The average molecular weight is 1110 g/mol. The van der Waals surface area contributed by atoms with Crippen LogP contribution in [0.15, 0.2) is 6.08 Å². The Morgan fingerprint density at radius 2 is 1.03 bits per heavy atom. The summed E-state index contributed by atoms with van der Waals surface area (Å²) >= 11 is 1.12. The van der Waals surface area contributed by atoms with Gasteiger partial charge in [-0.2, -0.15) is 4.37 Å². The van der Waals surface area contributed by atoms with Crippen LogP contribution < -0.4 is 4.74 Å². The van der Waals surface area contributed by atoms with Crippen LogP contribution in [0.4, 0.5) is 4.79 Å². The topological polar surface area (TPSA) is 176 Å². The lowest BCUT2D eigenvalue weighted by molar-refractivity contribution is -0.944. The second kappa shape index (κ2) is 44.0. The van der Waals surface area contributed by atoms with E-state index in [-0.39, 0.29) is 52.1 Å². The van der Waals surface area contributed by atoms with Crippen LogP contribution in [0, 0.1) is 5.41 Å². The quantitative estimate of drug-likeness (QED) is 0.0261. The molecule has 16 heteroatoms. The molecule has 2 rings (SSSR count). The van der Waals surface area contributed by atoms with Crippen molar-refractivity contribution in [1.29, 1.82) is 0 Å². The van der Waals surface area contributed by atoms with Crippen LogP contribution in [0.1, 0.15) is 272 Å². The smallest absolute Gasteiger partial charge is 0.475 e. The minimum Gasteiger partial charge on any atom is -0.475 e. The summed E-state index contributed by atoms with van der Waals surface area (Å²) in [6, 6.07) is 0. The van der Waals surface area contributed by atoms with Crippen LogP contribution in [0.25, 0.3) is 5.57 Å². The molecule has 1 unspecified atom stereocenters. The van der Waals surface area contributed by atoms with Crippen LogP contribution in [0.3, 0.4) is 0 Å². The third-order valence-corrected chi connectivity index (χ3v) is 15.1. The molecule has 0 spiro atoms. The minimum absolute atomic E-state index is 0.0927. The number of hydrogen-bond acceptors (Lipinski definition) is 15. The van der Waals surface area contributed by atoms with Gasteiger partial charge in [0, 0.05) is 37.2 Å². The van der Waals surface area contributed by atoms with Crippen molar-refractivity contribution >= 4 is 47.3 Å². The van der Waals surface area contributed by atoms with Crippen molar-refractivity contribution in [3.63, 3.8) is 0 Å². The molecule has 1 aliphatic rings. The molecule has 0 N–H and O–H groups in total. The lowest BCUT2D eigenvalue weighted by atomic mass is 9.91. The molecule has 0 amide bonds. The van der Waals surface area contributed by atoms with Gasteiger partial charge in [-0.1, -0.05) is 214 Å². The van der Waals surface area contributed by atoms with E-state index in [1.807, 2.05) is 14.0 Å². The fourth-order valence-electron chi connectivity index (χ4n) is 9.46. The van der Waals surface area contributed by atoms with Crippen molar-refractivity contribution in [2.75, 3.05) is 53.2 Å². The molecule has 0 aliphatic carbocycles. The van der Waals surface area contributed by atoms with E-state index >= 15 is 0 Å². The first kappa shape index (κ1) is 69.3. The number of carbonyl (C=O) groups excluding carboxylic acids is 5. The molecule has 1 aliphatic heterocycles. The molecule has 2 atom stereocenters. The van der Waals surface area contributed by atoms with Crippen molar-refractivity contribution in [1.82, 2.24) is 8.75 Å². The van der Waals surface area contributed by atoms with Gasteiger partial charge in [0.2, 0.25) is 6.23 Å². The number of hydrogen-bond donors (Lipinski definition) is 0. The number of unbranched alkanes of at least 4 members (excludes halogenated alkanes) is 27. The van der Waals surface area contributed by atoms with Crippen LogP contribution in [0.2, 0.25) is 0 Å². The van der Waals surface area contributed by atoms with E-state index in [4.69, 9.17) is 33.2 Å². The van der Waals surface area contributed by atoms with Crippen molar-refractivity contribution < 1.29 is 61.6 Å². The van der Waals surface area contributed by atoms with Gasteiger partial charge >= 0.3 is 30.0 Å². The zero-order valence-corrected chi connectivity index (χ0v) is 50.4. The molecule has 77 heavy (non-hydrogen) atoms. The highest BCUT2D eigenvalue weighted by molar-refractivity contribution is 6.99. The van der Waals surface area contributed by atoms with Gasteiger partial charge in [-0.05, 0) is 19.3 Å². The van der Waals surface area contributed by atoms with Gasteiger partial charge in [0.25, 0.3) is 5.88 Å². The molecule has 15 nitrogen and oxygen atoms in total. The molecule has 0 bridgehead atoms. The van der Waals surface area contributed by atoms with Gasteiger partial charge in [0.1, 0.15) is 38.7 Å². The normalized spacial score (nSPS) is 14.9. The Labute approximate surface area is 470 Å². The van der Waals surface area contributed by atoms with E-state index in [1.54, 1.807) is 13.8 Å². The molecule has 1 aromatic rings. The number of rotatable bonds is 49. The SMILES string of the molecule is CCCCCCCCCCCCCCCC(=O)OCC(COC(=O)CCCCCCCCCCCCCCC)OC(=O)CCOC(=O)CC(C)(C)COC(=O)O[C@@H](C)[N+]1(C)CCC=C(c2nsnc2OCCCCCC)C1. The zero-order valence-electron chi connectivity index (χ0n) is 49.6. The Bertz CT molecular complexity index is 1710. The number of ether oxygens (including phenoxy) is 7. The summed E-state index contributed by atoms with van der Waals surface area (Å²) in [6.45, 7) is 13.1. The lowest BCUT2D eigenvalue weighted by Gasteiger charge is -2.41. The largest absolute Gasteiger partial charge is 0.512 e. The van der Waals surface area contributed by atoms with Crippen LogP contribution in [0.5, 0.6) is 5.88 Å². The third-order valence-electron chi connectivity index (χ3n) is 14.6. The van der Waals surface area contributed by atoms with Gasteiger partial charge in [-0.15, -0.1) is 4.37 Å². The summed E-state index contributed by atoms with van der Waals surface area (Å²) in [7, 11) is 2.03. The highest BCUT2D eigenvalue weighted by Crippen LogP contribution is 2.32. The van der Waals surface area contributed by atoms with E-state index < -0.39 is 47.8 Å². The van der Waals surface area contributed by atoms with Crippen molar-refractivity contribution in [2.24, 2.45) is 5.41 Å². The number of quaternary nitrogens is 1.